The second kappa shape index (κ2) is 8.44. The highest BCUT2D eigenvalue weighted by molar-refractivity contribution is 5.90. The van der Waals surface area contributed by atoms with Crippen LogP contribution in [0.2, 0.25) is 0 Å². The molecule has 1 aliphatic heterocycles. The average molecular weight is 303 g/mol. The number of urea groups is 1. The molecule has 2 amide bonds. The molecular formula is C17H25N3O2. The van der Waals surface area contributed by atoms with Gasteiger partial charge in [0, 0.05) is 37.6 Å². The molecule has 0 bridgehead atoms. The molecule has 5 nitrogen and oxygen atoms in total. The SMILES string of the molecule is C=CCN(CCO)C(=O)Nc1cccc(N2CCCCC2)c1. The summed E-state index contributed by atoms with van der Waals surface area (Å²) < 4.78 is 0. The van der Waals surface area contributed by atoms with Crippen molar-refractivity contribution in [3.8, 4) is 0 Å². The van der Waals surface area contributed by atoms with Crippen molar-refractivity contribution in [2.24, 2.45) is 0 Å². The standard InChI is InChI=1S/C17H25N3O2/c1-2-9-20(12-13-21)17(22)18-15-7-6-8-16(14-15)19-10-4-3-5-11-19/h2,6-8,14,21H,1,3-5,9-13H2,(H,18,22). The van der Waals surface area contributed by atoms with Crippen LogP contribution in [0.4, 0.5) is 16.2 Å². The Bertz CT molecular complexity index is 498. The summed E-state index contributed by atoms with van der Waals surface area (Å²) in [6.45, 7) is 6.44. The second-order valence-corrected chi connectivity index (χ2v) is 5.49. The van der Waals surface area contributed by atoms with E-state index in [1.54, 1.807) is 6.08 Å². The molecule has 1 aliphatic rings. The zero-order valence-corrected chi connectivity index (χ0v) is 13.0. The van der Waals surface area contributed by atoms with Crippen LogP contribution >= 0.6 is 0 Å². The number of anilines is 2. The first-order valence-electron chi connectivity index (χ1n) is 7.87. The zero-order chi connectivity index (χ0) is 15.8. The molecule has 0 aliphatic carbocycles. The Labute approximate surface area is 132 Å². The number of nitrogens with one attached hydrogen (secondary N) is 1. The molecule has 1 heterocycles. The molecule has 0 aromatic heterocycles. The highest BCUT2D eigenvalue weighted by atomic mass is 16.3. The highest BCUT2D eigenvalue weighted by Crippen LogP contribution is 2.23. The van der Waals surface area contributed by atoms with Crippen molar-refractivity contribution < 1.29 is 9.90 Å². The summed E-state index contributed by atoms with van der Waals surface area (Å²) in [6.07, 6.45) is 5.39. The molecule has 22 heavy (non-hydrogen) atoms. The van der Waals surface area contributed by atoms with Crippen molar-refractivity contribution >= 4 is 17.4 Å². The Morgan fingerprint density at radius 1 is 1.36 bits per heavy atom. The summed E-state index contributed by atoms with van der Waals surface area (Å²) in [5.74, 6) is 0. The molecule has 0 saturated carbocycles. The van der Waals surface area contributed by atoms with Crippen LogP contribution < -0.4 is 10.2 Å². The number of rotatable bonds is 6. The van der Waals surface area contributed by atoms with Gasteiger partial charge in [-0.25, -0.2) is 4.79 Å². The van der Waals surface area contributed by atoms with Gasteiger partial charge < -0.3 is 20.2 Å². The van der Waals surface area contributed by atoms with Gasteiger partial charge >= 0.3 is 6.03 Å². The van der Waals surface area contributed by atoms with Crippen molar-refractivity contribution in [1.82, 2.24) is 4.90 Å². The van der Waals surface area contributed by atoms with E-state index < -0.39 is 0 Å². The first-order valence-corrected chi connectivity index (χ1v) is 7.87. The topological polar surface area (TPSA) is 55.8 Å². The third-order valence-corrected chi connectivity index (χ3v) is 3.83. The van der Waals surface area contributed by atoms with Gasteiger partial charge in [-0.15, -0.1) is 6.58 Å². The summed E-state index contributed by atoms with van der Waals surface area (Å²) in [7, 11) is 0. The lowest BCUT2D eigenvalue weighted by Gasteiger charge is -2.29. The molecule has 1 fully saturated rings. The molecule has 5 heteroatoms. The van der Waals surface area contributed by atoms with Crippen molar-refractivity contribution in [1.29, 1.82) is 0 Å². The van der Waals surface area contributed by atoms with E-state index in [0.717, 1.165) is 24.5 Å². The Kier molecular flexibility index (Phi) is 6.27. The maximum atomic E-state index is 12.2. The molecule has 2 N–H and O–H groups in total. The fraction of sp³-hybridized carbons (Fsp3) is 0.471. The minimum atomic E-state index is -0.218. The fourth-order valence-corrected chi connectivity index (χ4v) is 2.69. The lowest BCUT2D eigenvalue weighted by molar-refractivity contribution is 0.195. The van der Waals surface area contributed by atoms with E-state index in [1.807, 2.05) is 18.2 Å². The van der Waals surface area contributed by atoms with E-state index in [1.165, 1.54) is 24.2 Å². The number of nitrogens with zero attached hydrogens (tertiary/aromatic N) is 2. The number of benzene rings is 1. The molecule has 1 aromatic rings. The summed E-state index contributed by atoms with van der Waals surface area (Å²) >= 11 is 0. The molecule has 0 spiro atoms. The number of carbonyl (C=O) groups excluding carboxylic acids is 1. The van der Waals surface area contributed by atoms with Gasteiger partial charge in [-0.2, -0.15) is 0 Å². The molecule has 2 rings (SSSR count). The Morgan fingerprint density at radius 3 is 2.82 bits per heavy atom. The molecule has 1 saturated heterocycles. The van der Waals surface area contributed by atoms with E-state index in [-0.39, 0.29) is 12.6 Å². The van der Waals surface area contributed by atoms with Gasteiger partial charge in [-0.1, -0.05) is 12.1 Å². The quantitative estimate of drug-likeness (QED) is 0.795. The van der Waals surface area contributed by atoms with Gasteiger partial charge in [-0.05, 0) is 37.5 Å². The van der Waals surface area contributed by atoms with Crippen LogP contribution in [0.15, 0.2) is 36.9 Å². The van der Waals surface area contributed by atoms with Gasteiger partial charge in [0.25, 0.3) is 0 Å². The summed E-state index contributed by atoms with van der Waals surface area (Å²) in [5, 5.41) is 11.9. The summed E-state index contributed by atoms with van der Waals surface area (Å²) in [5.41, 5.74) is 1.93. The third-order valence-electron chi connectivity index (χ3n) is 3.83. The van der Waals surface area contributed by atoms with Crippen molar-refractivity contribution in [3.05, 3.63) is 36.9 Å². The average Bonchev–Trinajstić information content (AvgIpc) is 2.56. The maximum absolute atomic E-state index is 12.2. The van der Waals surface area contributed by atoms with Crippen LogP contribution in [0.5, 0.6) is 0 Å². The number of aliphatic hydroxyl groups is 1. The fourth-order valence-electron chi connectivity index (χ4n) is 2.69. The van der Waals surface area contributed by atoms with Crippen LogP contribution in [-0.2, 0) is 0 Å². The lowest BCUT2D eigenvalue weighted by atomic mass is 10.1. The van der Waals surface area contributed by atoms with E-state index in [2.05, 4.69) is 22.9 Å². The Hall–Kier alpha value is -2.01. The molecule has 0 unspecified atom stereocenters. The number of carbonyl (C=O) groups is 1. The Balaban J connectivity index is 2.02. The molecule has 120 valence electrons. The first kappa shape index (κ1) is 16.4. The summed E-state index contributed by atoms with van der Waals surface area (Å²) in [4.78, 5) is 16.1. The predicted molar refractivity (Wildman–Crippen MR) is 90.4 cm³/mol. The number of aliphatic hydroxyl groups excluding tert-OH is 1. The van der Waals surface area contributed by atoms with E-state index in [9.17, 15) is 4.79 Å². The van der Waals surface area contributed by atoms with Crippen molar-refractivity contribution in [2.45, 2.75) is 19.3 Å². The number of amides is 2. The summed E-state index contributed by atoms with van der Waals surface area (Å²) in [6, 6.07) is 7.72. The van der Waals surface area contributed by atoms with Gasteiger partial charge in [0.05, 0.1) is 6.61 Å². The highest BCUT2D eigenvalue weighted by Gasteiger charge is 2.14. The van der Waals surface area contributed by atoms with Crippen LogP contribution in [0.3, 0.4) is 0 Å². The smallest absolute Gasteiger partial charge is 0.322 e. The van der Waals surface area contributed by atoms with Crippen molar-refractivity contribution in [3.63, 3.8) is 0 Å². The molecule has 1 aromatic carbocycles. The minimum absolute atomic E-state index is 0.0604. The zero-order valence-electron chi connectivity index (χ0n) is 13.0. The van der Waals surface area contributed by atoms with Gasteiger partial charge in [-0.3, -0.25) is 0 Å². The lowest BCUT2D eigenvalue weighted by Crippen LogP contribution is -2.37. The third kappa shape index (κ3) is 4.49. The number of hydrogen-bond acceptors (Lipinski definition) is 3. The van der Waals surface area contributed by atoms with E-state index in [4.69, 9.17) is 5.11 Å². The maximum Gasteiger partial charge on any atom is 0.322 e. The first-order chi connectivity index (χ1) is 10.7. The van der Waals surface area contributed by atoms with Crippen LogP contribution in [-0.4, -0.2) is 48.8 Å². The van der Waals surface area contributed by atoms with Gasteiger partial charge in [0.15, 0.2) is 0 Å². The van der Waals surface area contributed by atoms with E-state index in [0.29, 0.717) is 13.1 Å². The van der Waals surface area contributed by atoms with Crippen LogP contribution in [0.1, 0.15) is 19.3 Å². The van der Waals surface area contributed by atoms with Gasteiger partial charge in [0.1, 0.15) is 0 Å². The van der Waals surface area contributed by atoms with E-state index >= 15 is 0 Å². The predicted octanol–water partition coefficient (Wildman–Crippen LogP) is 2.69. The number of hydrogen-bond donors (Lipinski definition) is 2. The minimum Gasteiger partial charge on any atom is -0.395 e. The largest absolute Gasteiger partial charge is 0.395 e. The molecule has 0 radical (unpaired) electrons. The molecular weight excluding hydrogens is 278 g/mol. The monoisotopic (exact) mass is 303 g/mol. The van der Waals surface area contributed by atoms with Crippen LogP contribution in [0, 0.1) is 0 Å². The molecule has 0 atom stereocenters. The normalized spacial score (nSPS) is 14.5. The number of piperidine rings is 1. The van der Waals surface area contributed by atoms with Crippen molar-refractivity contribution in [2.75, 3.05) is 43.0 Å². The van der Waals surface area contributed by atoms with Gasteiger partial charge in [0.2, 0.25) is 0 Å². The van der Waals surface area contributed by atoms with Crippen LogP contribution in [0.25, 0.3) is 0 Å². The Morgan fingerprint density at radius 2 is 2.14 bits per heavy atom. The second-order valence-electron chi connectivity index (χ2n) is 5.49.